The number of rotatable bonds is 0. The van der Waals surface area contributed by atoms with Crippen molar-refractivity contribution in [1.82, 2.24) is 5.43 Å². The fourth-order valence-electron chi connectivity index (χ4n) is 3.04. The molecule has 3 rings (SSSR count). The zero-order chi connectivity index (χ0) is 11.1. The highest BCUT2D eigenvalue weighted by molar-refractivity contribution is 5.96. The zero-order valence-electron chi connectivity index (χ0n) is 9.19. The van der Waals surface area contributed by atoms with Gasteiger partial charge in [0.1, 0.15) is 0 Å². The molecule has 3 aliphatic rings. The maximum Gasteiger partial charge on any atom is 0.240 e. The molecule has 0 bridgehead atoms. The second-order valence-corrected chi connectivity index (χ2v) is 5.02. The summed E-state index contributed by atoms with van der Waals surface area (Å²) in [6.45, 7) is 0.625. The molecule has 1 saturated heterocycles. The van der Waals surface area contributed by atoms with Crippen LogP contribution in [0, 0.1) is 11.8 Å². The van der Waals surface area contributed by atoms with Gasteiger partial charge in [-0.15, -0.1) is 0 Å². The third-order valence-corrected chi connectivity index (χ3v) is 3.88. The molecule has 0 spiro atoms. The van der Waals surface area contributed by atoms with Crippen LogP contribution in [0.15, 0.2) is 5.10 Å². The van der Waals surface area contributed by atoms with Crippen molar-refractivity contribution in [3.8, 4) is 0 Å². The lowest BCUT2D eigenvalue weighted by molar-refractivity contribution is -0.123. The van der Waals surface area contributed by atoms with E-state index >= 15 is 0 Å². The average molecular weight is 223 g/mol. The van der Waals surface area contributed by atoms with Crippen LogP contribution in [-0.2, 0) is 9.53 Å². The Labute approximate surface area is 94.4 Å². The molecule has 0 aromatic heterocycles. The summed E-state index contributed by atoms with van der Waals surface area (Å²) in [5.74, 6) is 0.576. The summed E-state index contributed by atoms with van der Waals surface area (Å²) < 4.78 is 5.83. The van der Waals surface area contributed by atoms with Crippen LogP contribution in [0.25, 0.3) is 0 Å². The van der Waals surface area contributed by atoms with Gasteiger partial charge in [0.25, 0.3) is 0 Å². The molecule has 88 valence electrons. The number of carbonyl (C=O) groups is 1. The highest BCUT2D eigenvalue weighted by Gasteiger charge is 2.42. The van der Waals surface area contributed by atoms with E-state index in [9.17, 15) is 4.79 Å². The van der Waals surface area contributed by atoms with Gasteiger partial charge in [-0.1, -0.05) is 0 Å². The molecule has 2 heterocycles. The number of nitrogens with zero attached hydrogens (tertiary/aromatic N) is 1. The number of carbonyl (C=O) groups excluding carboxylic acids is 1. The van der Waals surface area contributed by atoms with Crippen LogP contribution in [0.2, 0.25) is 0 Å². The van der Waals surface area contributed by atoms with Gasteiger partial charge < -0.3 is 10.5 Å². The molecule has 3 N–H and O–H groups in total. The second kappa shape index (κ2) is 3.82. The Hall–Kier alpha value is -0.940. The van der Waals surface area contributed by atoms with Gasteiger partial charge in [0.05, 0.1) is 12.7 Å². The standard InChI is InChI=1S/C11H17N3O2/c12-7-1-2-8-9(4-7)16-5-6-3-10(15)13-14-11(6)8/h6-9H,1-5,12H2,(H,13,15). The Morgan fingerprint density at radius 3 is 3.19 bits per heavy atom. The predicted molar refractivity (Wildman–Crippen MR) is 58.7 cm³/mol. The van der Waals surface area contributed by atoms with Crippen LogP contribution in [0.5, 0.6) is 0 Å². The summed E-state index contributed by atoms with van der Waals surface area (Å²) >= 11 is 0. The first-order valence-electron chi connectivity index (χ1n) is 5.97. The first-order chi connectivity index (χ1) is 7.74. The maximum atomic E-state index is 11.2. The Balaban J connectivity index is 1.82. The number of hydrogen-bond donors (Lipinski definition) is 2. The summed E-state index contributed by atoms with van der Waals surface area (Å²) in [5, 5.41) is 4.24. The van der Waals surface area contributed by atoms with Crippen LogP contribution >= 0.6 is 0 Å². The van der Waals surface area contributed by atoms with Crippen LogP contribution in [0.1, 0.15) is 25.7 Å². The molecule has 2 aliphatic heterocycles. The Morgan fingerprint density at radius 2 is 2.31 bits per heavy atom. The van der Waals surface area contributed by atoms with Gasteiger partial charge in [0.15, 0.2) is 0 Å². The smallest absolute Gasteiger partial charge is 0.240 e. The van der Waals surface area contributed by atoms with Crippen LogP contribution < -0.4 is 11.2 Å². The van der Waals surface area contributed by atoms with Gasteiger partial charge >= 0.3 is 0 Å². The van der Waals surface area contributed by atoms with E-state index in [1.807, 2.05) is 0 Å². The maximum absolute atomic E-state index is 11.2. The molecule has 4 unspecified atom stereocenters. The molecule has 5 nitrogen and oxygen atoms in total. The van der Waals surface area contributed by atoms with Gasteiger partial charge in [-0.3, -0.25) is 4.79 Å². The fourth-order valence-corrected chi connectivity index (χ4v) is 3.04. The minimum absolute atomic E-state index is 0.00307. The van der Waals surface area contributed by atoms with E-state index in [1.54, 1.807) is 0 Å². The third kappa shape index (κ3) is 1.64. The highest BCUT2D eigenvalue weighted by Crippen LogP contribution is 2.35. The van der Waals surface area contributed by atoms with E-state index in [-0.39, 0.29) is 24.0 Å². The van der Waals surface area contributed by atoms with E-state index in [2.05, 4.69) is 10.5 Å². The number of hydrazone groups is 1. The Kier molecular flexibility index (Phi) is 2.44. The Bertz CT molecular complexity index is 342. The molecule has 1 aliphatic carbocycles. The molecule has 0 aromatic carbocycles. The predicted octanol–water partition coefficient (Wildman–Crippen LogP) is 0.00470. The molecule has 5 heteroatoms. The highest BCUT2D eigenvalue weighted by atomic mass is 16.5. The lowest BCUT2D eigenvalue weighted by Crippen LogP contribution is -2.51. The van der Waals surface area contributed by atoms with Crippen LogP contribution in [0.3, 0.4) is 0 Å². The van der Waals surface area contributed by atoms with Crippen molar-refractivity contribution in [3.05, 3.63) is 0 Å². The molecule has 0 aromatic rings. The van der Waals surface area contributed by atoms with E-state index in [1.165, 1.54) is 0 Å². The van der Waals surface area contributed by atoms with Gasteiger partial charge in [-0.05, 0) is 19.3 Å². The monoisotopic (exact) mass is 223 g/mol. The number of nitrogens with two attached hydrogens (primary N) is 1. The molecule has 1 amide bonds. The average Bonchev–Trinajstić information content (AvgIpc) is 2.28. The molecular formula is C11H17N3O2. The van der Waals surface area contributed by atoms with Crippen molar-refractivity contribution in [2.24, 2.45) is 22.7 Å². The van der Waals surface area contributed by atoms with Crippen molar-refractivity contribution < 1.29 is 9.53 Å². The molecule has 16 heavy (non-hydrogen) atoms. The molecular weight excluding hydrogens is 206 g/mol. The van der Waals surface area contributed by atoms with Crippen molar-refractivity contribution in [1.29, 1.82) is 0 Å². The van der Waals surface area contributed by atoms with Crippen molar-refractivity contribution >= 4 is 11.6 Å². The largest absolute Gasteiger partial charge is 0.377 e. The van der Waals surface area contributed by atoms with Gasteiger partial charge in [-0.25, -0.2) is 5.43 Å². The van der Waals surface area contributed by atoms with Gasteiger partial charge in [-0.2, -0.15) is 5.10 Å². The lowest BCUT2D eigenvalue weighted by Gasteiger charge is -2.42. The summed E-state index contributed by atoms with van der Waals surface area (Å²) in [7, 11) is 0. The summed E-state index contributed by atoms with van der Waals surface area (Å²) in [5.41, 5.74) is 9.67. The quantitative estimate of drug-likeness (QED) is 0.607. The van der Waals surface area contributed by atoms with Gasteiger partial charge in [0.2, 0.25) is 5.91 Å². The van der Waals surface area contributed by atoms with Gasteiger partial charge in [0, 0.05) is 30.0 Å². The summed E-state index contributed by atoms with van der Waals surface area (Å²) in [4.78, 5) is 11.2. The van der Waals surface area contributed by atoms with Crippen LogP contribution in [-0.4, -0.2) is 30.4 Å². The molecule has 4 atom stereocenters. The lowest BCUT2D eigenvalue weighted by atomic mass is 9.74. The number of hydrogen-bond acceptors (Lipinski definition) is 4. The van der Waals surface area contributed by atoms with Crippen LogP contribution in [0.4, 0.5) is 0 Å². The molecule has 0 radical (unpaired) electrons. The number of amides is 1. The first-order valence-corrected chi connectivity index (χ1v) is 5.97. The molecule has 2 fully saturated rings. The second-order valence-electron chi connectivity index (χ2n) is 5.02. The molecule has 1 saturated carbocycles. The van der Waals surface area contributed by atoms with Crippen molar-refractivity contribution in [2.45, 2.75) is 37.8 Å². The number of ether oxygens (including phenoxy) is 1. The minimum atomic E-state index is 0.00307. The number of nitrogens with one attached hydrogen (secondary N) is 1. The van der Waals surface area contributed by atoms with E-state index in [0.717, 1.165) is 25.0 Å². The van der Waals surface area contributed by atoms with E-state index < -0.39 is 0 Å². The normalized spacial score (nSPS) is 42.8. The minimum Gasteiger partial charge on any atom is -0.377 e. The van der Waals surface area contributed by atoms with E-state index in [0.29, 0.717) is 18.9 Å². The van der Waals surface area contributed by atoms with Crippen molar-refractivity contribution in [3.63, 3.8) is 0 Å². The Morgan fingerprint density at radius 1 is 1.44 bits per heavy atom. The first kappa shape index (κ1) is 10.2. The third-order valence-electron chi connectivity index (χ3n) is 3.88. The topological polar surface area (TPSA) is 76.7 Å². The summed E-state index contributed by atoms with van der Waals surface area (Å²) in [6, 6.07) is 0.261. The SMILES string of the molecule is NC1CCC2C3=NNC(=O)CC3COC2C1. The summed E-state index contributed by atoms with van der Waals surface area (Å²) in [6.07, 6.45) is 3.73. The van der Waals surface area contributed by atoms with E-state index in [4.69, 9.17) is 10.5 Å². The zero-order valence-corrected chi connectivity index (χ0v) is 9.19. The number of fused-ring (bicyclic) bond motifs is 3. The fraction of sp³-hybridized carbons (Fsp3) is 0.818. The van der Waals surface area contributed by atoms with Crippen molar-refractivity contribution in [2.75, 3.05) is 6.61 Å².